The first-order valence-electron chi connectivity index (χ1n) is 3.09. The zero-order valence-corrected chi connectivity index (χ0v) is 5.22. The van der Waals surface area contributed by atoms with Gasteiger partial charge in [-0.05, 0) is 18.8 Å². The molecule has 2 heteroatoms. The van der Waals surface area contributed by atoms with Crippen molar-refractivity contribution >= 4 is 0 Å². The van der Waals surface area contributed by atoms with Gasteiger partial charge in [-0.1, -0.05) is 6.92 Å². The molecule has 0 heterocycles. The standard InChI is InChI=1S/C6H13NO/c1-5-2-6(8,3-5)4-7/h5,8H,2-4,7H2,1H3. The summed E-state index contributed by atoms with van der Waals surface area (Å²) in [6.07, 6.45) is 1.78. The molecule has 0 amide bonds. The molecule has 0 saturated heterocycles. The van der Waals surface area contributed by atoms with Crippen LogP contribution < -0.4 is 5.73 Å². The second-order valence-electron chi connectivity index (χ2n) is 2.94. The van der Waals surface area contributed by atoms with Gasteiger partial charge >= 0.3 is 0 Å². The van der Waals surface area contributed by atoms with E-state index in [2.05, 4.69) is 6.92 Å². The lowest BCUT2D eigenvalue weighted by molar-refractivity contribution is -0.0588. The maximum atomic E-state index is 9.26. The quantitative estimate of drug-likeness (QED) is 0.509. The van der Waals surface area contributed by atoms with E-state index in [0.717, 1.165) is 12.8 Å². The van der Waals surface area contributed by atoms with Crippen molar-refractivity contribution in [3.05, 3.63) is 0 Å². The number of hydrogen-bond donors (Lipinski definition) is 2. The number of aliphatic hydroxyl groups is 1. The van der Waals surface area contributed by atoms with Gasteiger partial charge in [-0.2, -0.15) is 0 Å². The summed E-state index contributed by atoms with van der Waals surface area (Å²) in [5.74, 6) is 0.684. The molecule has 0 spiro atoms. The van der Waals surface area contributed by atoms with Crippen molar-refractivity contribution in [2.45, 2.75) is 25.4 Å². The minimum Gasteiger partial charge on any atom is -0.389 e. The van der Waals surface area contributed by atoms with Gasteiger partial charge in [0.1, 0.15) is 0 Å². The lowest BCUT2D eigenvalue weighted by Gasteiger charge is -2.40. The van der Waals surface area contributed by atoms with E-state index in [1.807, 2.05) is 0 Å². The van der Waals surface area contributed by atoms with E-state index in [-0.39, 0.29) is 0 Å². The molecule has 1 fully saturated rings. The molecule has 0 unspecified atom stereocenters. The fraction of sp³-hybridized carbons (Fsp3) is 1.00. The van der Waals surface area contributed by atoms with Gasteiger partial charge in [-0.25, -0.2) is 0 Å². The molecule has 1 aliphatic rings. The fourth-order valence-electron chi connectivity index (χ4n) is 1.40. The Morgan fingerprint density at radius 1 is 1.75 bits per heavy atom. The van der Waals surface area contributed by atoms with Crippen LogP contribution in [-0.2, 0) is 0 Å². The maximum Gasteiger partial charge on any atom is 0.0774 e. The van der Waals surface area contributed by atoms with E-state index in [0.29, 0.717) is 12.5 Å². The first kappa shape index (κ1) is 6.05. The molecule has 0 aromatic rings. The molecule has 8 heavy (non-hydrogen) atoms. The van der Waals surface area contributed by atoms with Crippen molar-refractivity contribution < 1.29 is 5.11 Å². The van der Waals surface area contributed by atoms with Crippen molar-refractivity contribution in [2.75, 3.05) is 6.54 Å². The van der Waals surface area contributed by atoms with Gasteiger partial charge in [0, 0.05) is 6.54 Å². The first-order chi connectivity index (χ1) is 3.66. The van der Waals surface area contributed by atoms with Crippen LogP contribution in [0.2, 0.25) is 0 Å². The summed E-state index contributed by atoms with van der Waals surface area (Å²) in [5.41, 5.74) is 4.79. The monoisotopic (exact) mass is 115 g/mol. The third-order valence-electron chi connectivity index (χ3n) is 1.84. The topological polar surface area (TPSA) is 46.2 Å². The Morgan fingerprint density at radius 3 is 2.38 bits per heavy atom. The number of rotatable bonds is 1. The average molecular weight is 115 g/mol. The van der Waals surface area contributed by atoms with Crippen LogP contribution in [0, 0.1) is 5.92 Å². The van der Waals surface area contributed by atoms with Crippen molar-refractivity contribution in [2.24, 2.45) is 11.7 Å². The van der Waals surface area contributed by atoms with Crippen LogP contribution in [0.15, 0.2) is 0 Å². The Kier molecular flexibility index (Phi) is 1.29. The lowest BCUT2D eigenvalue weighted by atomic mass is 9.72. The smallest absolute Gasteiger partial charge is 0.0774 e. The summed E-state index contributed by atoms with van der Waals surface area (Å²) >= 11 is 0. The largest absolute Gasteiger partial charge is 0.389 e. The van der Waals surface area contributed by atoms with Gasteiger partial charge in [0.25, 0.3) is 0 Å². The Balaban J connectivity index is 2.30. The zero-order chi connectivity index (χ0) is 6.20. The molecular formula is C6H13NO. The summed E-state index contributed by atoms with van der Waals surface area (Å²) in [6, 6.07) is 0. The second-order valence-corrected chi connectivity index (χ2v) is 2.94. The molecule has 3 N–H and O–H groups in total. The molecule has 0 aromatic heterocycles. The Bertz CT molecular complexity index is 86.5. The molecule has 1 rings (SSSR count). The van der Waals surface area contributed by atoms with Gasteiger partial charge in [0.2, 0.25) is 0 Å². The van der Waals surface area contributed by atoms with Crippen molar-refractivity contribution in [3.8, 4) is 0 Å². The highest BCUT2D eigenvalue weighted by atomic mass is 16.3. The van der Waals surface area contributed by atoms with E-state index in [9.17, 15) is 5.11 Å². The minimum atomic E-state index is -0.487. The highest BCUT2D eigenvalue weighted by Crippen LogP contribution is 2.35. The minimum absolute atomic E-state index is 0.428. The van der Waals surface area contributed by atoms with Crippen LogP contribution in [-0.4, -0.2) is 17.3 Å². The molecule has 0 radical (unpaired) electrons. The molecule has 0 atom stereocenters. The van der Waals surface area contributed by atoms with E-state index >= 15 is 0 Å². The second kappa shape index (κ2) is 1.71. The van der Waals surface area contributed by atoms with Gasteiger partial charge in [-0.3, -0.25) is 0 Å². The first-order valence-corrected chi connectivity index (χ1v) is 3.09. The lowest BCUT2D eigenvalue weighted by Crippen LogP contribution is -2.48. The van der Waals surface area contributed by atoms with Crippen molar-refractivity contribution in [1.29, 1.82) is 0 Å². The van der Waals surface area contributed by atoms with Crippen LogP contribution in [0.4, 0.5) is 0 Å². The number of nitrogens with two attached hydrogens (primary N) is 1. The van der Waals surface area contributed by atoms with Crippen LogP contribution in [0.3, 0.4) is 0 Å². The summed E-state index contributed by atoms with van der Waals surface area (Å²) in [5, 5.41) is 9.26. The van der Waals surface area contributed by atoms with Crippen LogP contribution in [0.1, 0.15) is 19.8 Å². The molecular weight excluding hydrogens is 102 g/mol. The SMILES string of the molecule is CC1CC(O)(CN)C1. The summed E-state index contributed by atoms with van der Waals surface area (Å²) < 4.78 is 0. The van der Waals surface area contributed by atoms with E-state index < -0.39 is 5.60 Å². The van der Waals surface area contributed by atoms with Crippen LogP contribution in [0.25, 0.3) is 0 Å². The van der Waals surface area contributed by atoms with E-state index in [4.69, 9.17) is 5.73 Å². The normalized spacial score (nSPS) is 46.1. The van der Waals surface area contributed by atoms with Crippen LogP contribution in [0.5, 0.6) is 0 Å². The van der Waals surface area contributed by atoms with Crippen LogP contribution >= 0.6 is 0 Å². The van der Waals surface area contributed by atoms with Gasteiger partial charge < -0.3 is 10.8 Å². The Labute approximate surface area is 49.7 Å². The van der Waals surface area contributed by atoms with Gasteiger partial charge in [-0.15, -0.1) is 0 Å². The number of hydrogen-bond acceptors (Lipinski definition) is 2. The predicted octanol–water partition coefficient (Wildman–Crippen LogP) is 0.106. The molecule has 48 valence electrons. The van der Waals surface area contributed by atoms with Crippen molar-refractivity contribution in [1.82, 2.24) is 0 Å². The van der Waals surface area contributed by atoms with Gasteiger partial charge in [0.05, 0.1) is 5.60 Å². The molecule has 2 nitrogen and oxygen atoms in total. The highest BCUT2D eigenvalue weighted by Gasteiger charge is 2.38. The Hall–Kier alpha value is -0.0800. The molecule has 1 saturated carbocycles. The van der Waals surface area contributed by atoms with E-state index in [1.54, 1.807) is 0 Å². The van der Waals surface area contributed by atoms with Gasteiger partial charge in [0.15, 0.2) is 0 Å². The highest BCUT2D eigenvalue weighted by molar-refractivity contribution is 4.92. The van der Waals surface area contributed by atoms with Crippen molar-refractivity contribution in [3.63, 3.8) is 0 Å². The molecule has 0 bridgehead atoms. The predicted molar refractivity (Wildman–Crippen MR) is 32.4 cm³/mol. The average Bonchev–Trinajstić information content (AvgIpc) is 1.63. The maximum absolute atomic E-state index is 9.26. The fourth-order valence-corrected chi connectivity index (χ4v) is 1.40. The summed E-state index contributed by atoms with van der Waals surface area (Å²) in [6.45, 7) is 2.56. The molecule has 1 aliphatic carbocycles. The molecule has 0 aliphatic heterocycles. The summed E-state index contributed by atoms with van der Waals surface area (Å²) in [4.78, 5) is 0. The van der Waals surface area contributed by atoms with E-state index in [1.165, 1.54) is 0 Å². The third-order valence-corrected chi connectivity index (χ3v) is 1.84. The summed E-state index contributed by atoms with van der Waals surface area (Å²) in [7, 11) is 0. The molecule has 0 aromatic carbocycles. The zero-order valence-electron chi connectivity index (χ0n) is 5.22. The third kappa shape index (κ3) is 0.858. The Morgan fingerprint density at radius 2 is 2.25 bits per heavy atom.